The van der Waals surface area contributed by atoms with Crippen LogP contribution in [0, 0.1) is 0 Å². The highest BCUT2D eigenvalue weighted by atomic mass is 16.5. The van der Waals surface area contributed by atoms with E-state index in [0.29, 0.717) is 5.69 Å². The lowest BCUT2D eigenvalue weighted by Crippen LogP contribution is -2.38. The quantitative estimate of drug-likeness (QED) is 0.321. The number of nitrogens with one attached hydrogen (secondary N) is 1. The van der Waals surface area contributed by atoms with Crippen LogP contribution in [-0.4, -0.2) is 29.2 Å². The van der Waals surface area contributed by atoms with Gasteiger partial charge in [-0.05, 0) is 61.2 Å². The molecule has 0 unspecified atom stereocenters. The molecule has 2 aromatic carbocycles. The van der Waals surface area contributed by atoms with Crippen LogP contribution in [-0.2, 0) is 11.2 Å². The smallest absolute Gasteiger partial charge is 0.294 e. The Bertz CT molecular complexity index is 1230. The molecule has 5 nitrogen and oxygen atoms in total. The molecule has 0 saturated carbocycles. The van der Waals surface area contributed by atoms with Gasteiger partial charge in [-0.2, -0.15) is 0 Å². The number of hydrogen-bond donors (Lipinski definition) is 1. The molecule has 2 aromatic heterocycles. The van der Waals surface area contributed by atoms with Gasteiger partial charge in [0.2, 0.25) is 0 Å². The van der Waals surface area contributed by atoms with Crippen molar-refractivity contribution < 1.29 is 14.3 Å². The predicted molar refractivity (Wildman–Crippen MR) is 126 cm³/mol. The predicted octanol–water partition coefficient (Wildman–Crippen LogP) is 4.94. The number of benzene rings is 2. The van der Waals surface area contributed by atoms with E-state index in [0.717, 1.165) is 35.2 Å². The minimum Gasteiger partial charge on any atom is -0.497 e. The Morgan fingerprint density at radius 2 is 1.69 bits per heavy atom. The van der Waals surface area contributed by atoms with Crippen LogP contribution in [0.15, 0.2) is 85.1 Å². The minimum atomic E-state index is -0.593. The first kappa shape index (κ1) is 21.4. The maximum absolute atomic E-state index is 13.3. The van der Waals surface area contributed by atoms with Gasteiger partial charge in [-0.1, -0.05) is 48.5 Å². The molecule has 5 heteroatoms. The van der Waals surface area contributed by atoms with Gasteiger partial charge in [0.25, 0.3) is 11.7 Å². The monoisotopic (exact) mass is 426 g/mol. The summed E-state index contributed by atoms with van der Waals surface area (Å²) in [6.07, 6.45) is 3.40. The zero-order valence-corrected chi connectivity index (χ0v) is 18.2. The van der Waals surface area contributed by atoms with E-state index < -0.39 is 11.7 Å². The average Bonchev–Trinajstić information content (AvgIpc) is 3.22. The number of ether oxygens (including phenoxy) is 1. The van der Waals surface area contributed by atoms with Crippen molar-refractivity contribution in [3.05, 3.63) is 96.3 Å². The number of carbonyl (C=O) groups excluding carboxylic acids is 2. The lowest BCUT2D eigenvalue weighted by atomic mass is 10.0. The molecule has 32 heavy (non-hydrogen) atoms. The van der Waals surface area contributed by atoms with E-state index in [9.17, 15) is 9.59 Å². The van der Waals surface area contributed by atoms with Crippen LogP contribution in [0.1, 0.15) is 29.4 Å². The molecule has 162 valence electrons. The van der Waals surface area contributed by atoms with Gasteiger partial charge in [0.1, 0.15) is 11.4 Å². The van der Waals surface area contributed by atoms with E-state index in [1.54, 1.807) is 11.5 Å². The van der Waals surface area contributed by atoms with Crippen LogP contribution in [0.5, 0.6) is 5.75 Å². The first-order valence-corrected chi connectivity index (χ1v) is 10.7. The number of rotatable bonds is 8. The van der Waals surface area contributed by atoms with Crippen molar-refractivity contribution in [3.8, 4) is 16.9 Å². The number of ketones is 1. The van der Waals surface area contributed by atoms with Gasteiger partial charge in [0.15, 0.2) is 0 Å². The zero-order chi connectivity index (χ0) is 22.5. The Hall–Kier alpha value is -3.86. The van der Waals surface area contributed by atoms with E-state index in [-0.39, 0.29) is 6.04 Å². The first-order valence-electron chi connectivity index (χ1n) is 10.7. The molecule has 1 amide bonds. The number of nitrogens with zero attached hydrogens (tertiary/aromatic N) is 1. The third kappa shape index (κ3) is 4.57. The number of methoxy groups -OCH3 is 1. The van der Waals surface area contributed by atoms with Gasteiger partial charge in [-0.15, -0.1) is 0 Å². The van der Waals surface area contributed by atoms with Crippen LogP contribution in [0.25, 0.3) is 16.6 Å². The molecule has 0 spiro atoms. The maximum atomic E-state index is 13.3. The SMILES string of the molecule is COc1ccc(-c2cc3ccccn3c2C(=O)C(=O)N[C@H](C)CCc2ccccc2)cc1. The molecule has 4 rings (SSSR count). The highest BCUT2D eigenvalue weighted by molar-refractivity contribution is 6.43. The topological polar surface area (TPSA) is 59.8 Å². The van der Waals surface area contributed by atoms with Crippen molar-refractivity contribution in [1.82, 2.24) is 9.72 Å². The van der Waals surface area contributed by atoms with Gasteiger partial charge in [-0.3, -0.25) is 9.59 Å². The second kappa shape index (κ2) is 9.52. The van der Waals surface area contributed by atoms with Crippen molar-refractivity contribution in [2.45, 2.75) is 25.8 Å². The van der Waals surface area contributed by atoms with Crippen molar-refractivity contribution in [1.29, 1.82) is 0 Å². The molecule has 0 aliphatic carbocycles. The van der Waals surface area contributed by atoms with E-state index in [1.165, 1.54) is 5.56 Å². The number of carbonyl (C=O) groups is 2. The summed E-state index contributed by atoms with van der Waals surface area (Å²) in [5.74, 6) is -0.409. The Morgan fingerprint density at radius 1 is 0.969 bits per heavy atom. The summed E-state index contributed by atoms with van der Waals surface area (Å²) in [6.45, 7) is 1.93. The Kier molecular flexibility index (Phi) is 6.36. The molecule has 0 bridgehead atoms. The summed E-state index contributed by atoms with van der Waals surface area (Å²) < 4.78 is 7.02. The van der Waals surface area contributed by atoms with Crippen LogP contribution in [0.2, 0.25) is 0 Å². The number of fused-ring (bicyclic) bond motifs is 1. The zero-order valence-electron chi connectivity index (χ0n) is 18.2. The van der Waals surface area contributed by atoms with Crippen molar-refractivity contribution in [3.63, 3.8) is 0 Å². The molecule has 1 atom stereocenters. The second-order valence-corrected chi connectivity index (χ2v) is 7.86. The molecule has 1 N–H and O–H groups in total. The Labute approximate surface area is 187 Å². The lowest BCUT2D eigenvalue weighted by molar-refractivity contribution is -0.117. The fourth-order valence-corrected chi connectivity index (χ4v) is 3.84. The summed E-state index contributed by atoms with van der Waals surface area (Å²) in [7, 11) is 1.61. The van der Waals surface area contributed by atoms with E-state index in [4.69, 9.17) is 4.74 Å². The summed E-state index contributed by atoms with van der Waals surface area (Å²) in [5, 5.41) is 2.88. The third-order valence-corrected chi connectivity index (χ3v) is 5.59. The van der Waals surface area contributed by atoms with Gasteiger partial charge in [-0.25, -0.2) is 0 Å². The highest BCUT2D eigenvalue weighted by Crippen LogP contribution is 2.29. The molecular weight excluding hydrogens is 400 g/mol. The number of Topliss-reactive ketones (excluding diaryl/α,β-unsaturated/α-hetero) is 1. The molecule has 0 aliphatic heterocycles. The third-order valence-electron chi connectivity index (χ3n) is 5.59. The van der Waals surface area contributed by atoms with Gasteiger partial charge in [0.05, 0.1) is 7.11 Å². The fourth-order valence-electron chi connectivity index (χ4n) is 3.84. The lowest BCUT2D eigenvalue weighted by Gasteiger charge is -2.14. The van der Waals surface area contributed by atoms with Gasteiger partial charge < -0.3 is 14.5 Å². The molecule has 0 aliphatic rings. The number of aryl methyl sites for hydroxylation is 1. The van der Waals surface area contributed by atoms with E-state index >= 15 is 0 Å². The van der Waals surface area contributed by atoms with Crippen LogP contribution < -0.4 is 10.1 Å². The van der Waals surface area contributed by atoms with Crippen molar-refractivity contribution in [2.75, 3.05) is 7.11 Å². The minimum absolute atomic E-state index is 0.123. The standard InChI is InChI=1S/C27H26N2O3/c1-19(11-12-20-8-4-3-5-9-20)28-27(31)26(30)25-24(18-22-10-6-7-17-29(22)25)21-13-15-23(32-2)16-14-21/h3-10,13-19H,11-12H2,1-2H3,(H,28,31)/t19-/m1/s1. The van der Waals surface area contributed by atoms with Gasteiger partial charge in [0, 0.05) is 23.3 Å². The average molecular weight is 427 g/mol. The molecule has 4 aromatic rings. The molecule has 2 heterocycles. The second-order valence-electron chi connectivity index (χ2n) is 7.86. The van der Waals surface area contributed by atoms with Gasteiger partial charge >= 0.3 is 0 Å². The summed E-state index contributed by atoms with van der Waals surface area (Å²) in [4.78, 5) is 26.2. The molecule has 0 radical (unpaired) electrons. The van der Waals surface area contributed by atoms with Crippen molar-refractivity contribution in [2.24, 2.45) is 0 Å². The molecule has 0 fully saturated rings. The fraction of sp³-hybridized carbons (Fsp3) is 0.185. The summed E-state index contributed by atoms with van der Waals surface area (Å²) in [5.41, 5.74) is 3.99. The summed E-state index contributed by atoms with van der Waals surface area (Å²) in [6, 6.07) is 25.1. The van der Waals surface area contributed by atoms with E-state index in [2.05, 4.69) is 17.4 Å². The molecule has 0 saturated heterocycles. The number of hydrogen-bond acceptors (Lipinski definition) is 3. The number of amides is 1. The van der Waals surface area contributed by atoms with E-state index in [1.807, 2.05) is 79.9 Å². The number of aromatic nitrogens is 1. The first-order chi connectivity index (χ1) is 15.6. The normalized spacial score (nSPS) is 11.8. The van der Waals surface area contributed by atoms with Crippen LogP contribution >= 0.6 is 0 Å². The van der Waals surface area contributed by atoms with Crippen molar-refractivity contribution >= 4 is 17.2 Å². The maximum Gasteiger partial charge on any atom is 0.294 e. The Balaban J connectivity index is 1.57. The largest absolute Gasteiger partial charge is 0.497 e. The number of pyridine rings is 1. The van der Waals surface area contributed by atoms with Crippen LogP contribution in [0.4, 0.5) is 0 Å². The molecular formula is C27H26N2O3. The Morgan fingerprint density at radius 3 is 2.41 bits per heavy atom. The van der Waals surface area contributed by atoms with Crippen LogP contribution in [0.3, 0.4) is 0 Å². The summed E-state index contributed by atoms with van der Waals surface area (Å²) >= 11 is 0. The highest BCUT2D eigenvalue weighted by Gasteiger charge is 2.25.